The van der Waals surface area contributed by atoms with Gasteiger partial charge in [-0.3, -0.25) is 4.79 Å². The van der Waals surface area contributed by atoms with Gasteiger partial charge in [0.2, 0.25) is 0 Å². The summed E-state index contributed by atoms with van der Waals surface area (Å²) in [5.74, 6) is 0.521. The first kappa shape index (κ1) is 14.5. The van der Waals surface area contributed by atoms with E-state index in [1.165, 1.54) is 25.5 Å². The van der Waals surface area contributed by atoms with E-state index >= 15 is 0 Å². The molecule has 2 fully saturated rings. The lowest BCUT2D eigenvalue weighted by Crippen LogP contribution is -2.58. The molecule has 21 heavy (non-hydrogen) atoms. The predicted octanol–water partition coefficient (Wildman–Crippen LogP) is 0.918. The highest BCUT2D eigenvalue weighted by Crippen LogP contribution is 2.30. The Kier molecular flexibility index (Phi) is 4.26. The van der Waals surface area contributed by atoms with Crippen LogP contribution in [0.3, 0.4) is 0 Å². The van der Waals surface area contributed by atoms with Gasteiger partial charge in [-0.05, 0) is 31.6 Å². The summed E-state index contributed by atoms with van der Waals surface area (Å²) in [4.78, 5) is 14.4. The highest BCUT2D eigenvalue weighted by atomic mass is 16.5. The molecule has 2 heterocycles. The van der Waals surface area contributed by atoms with Gasteiger partial charge in [0.1, 0.15) is 6.26 Å². The molecule has 1 aromatic rings. The van der Waals surface area contributed by atoms with E-state index in [-0.39, 0.29) is 12.5 Å². The van der Waals surface area contributed by atoms with E-state index in [2.05, 4.69) is 10.5 Å². The fraction of sp³-hybridized carbons (Fsp3) is 0.733. The van der Waals surface area contributed by atoms with Gasteiger partial charge in [0.25, 0.3) is 5.91 Å². The average molecular weight is 293 g/mol. The van der Waals surface area contributed by atoms with Gasteiger partial charge in [0.15, 0.2) is 5.60 Å². The minimum atomic E-state index is -1.27. The Labute approximate surface area is 124 Å². The first-order valence-corrected chi connectivity index (χ1v) is 7.79. The molecule has 1 amide bonds. The third kappa shape index (κ3) is 3.27. The van der Waals surface area contributed by atoms with Crippen molar-refractivity contribution < 1.29 is 14.4 Å². The van der Waals surface area contributed by atoms with Crippen LogP contribution >= 0.6 is 0 Å². The van der Waals surface area contributed by atoms with Gasteiger partial charge >= 0.3 is 0 Å². The van der Waals surface area contributed by atoms with Crippen LogP contribution in [0, 0.1) is 5.92 Å². The molecule has 0 spiro atoms. The van der Waals surface area contributed by atoms with E-state index in [1.807, 2.05) is 4.90 Å². The summed E-state index contributed by atoms with van der Waals surface area (Å²) in [6.07, 6.45) is 6.60. The smallest absolute Gasteiger partial charge is 0.255 e. The largest absolute Gasteiger partial charge is 0.379 e. The Morgan fingerprint density at radius 2 is 2.33 bits per heavy atom. The third-order valence-electron chi connectivity index (χ3n) is 4.62. The molecule has 1 atom stereocenters. The van der Waals surface area contributed by atoms with Crippen molar-refractivity contribution in [3.05, 3.63) is 18.0 Å². The molecule has 2 N–H and O–H groups in total. The molecule has 0 unspecified atom stereocenters. The van der Waals surface area contributed by atoms with Crippen LogP contribution < -0.4 is 5.32 Å². The van der Waals surface area contributed by atoms with Gasteiger partial charge in [-0.25, -0.2) is 0 Å². The first-order chi connectivity index (χ1) is 10.2. The lowest BCUT2D eigenvalue weighted by atomic mass is 9.83. The second-order valence-electron chi connectivity index (χ2n) is 6.28. The van der Waals surface area contributed by atoms with Crippen molar-refractivity contribution in [1.82, 2.24) is 15.4 Å². The molecule has 2 aliphatic rings. The van der Waals surface area contributed by atoms with Crippen LogP contribution in [0.5, 0.6) is 0 Å². The van der Waals surface area contributed by atoms with Crippen molar-refractivity contribution in [2.24, 2.45) is 5.92 Å². The van der Waals surface area contributed by atoms with E-state index in [9.17, 15) is 9.90 Å². The normalized spacial score (nSPS) is 26.9. The molecule has 1 saturated heterocycles. The van der Waals surface area contributed by atoms with Crippen LogP contribution in [0.4, 0.5) is 0 Å². The summed E-state index contributed by atoms with van der Waals surface area (Å²) in [5.41, 5.74) is -0.501. The standard InChI is InChI=1S/C15H23N3O3/c19-14-15(20,11-16-9-13-5-8-21-17-13)6-2-7-18(14)10-12-3-1-4-12/h5,8,12,16,20H,1-4,6-7,9-11H2/t15-/m1/s1. The number of likely N-dealkylation sites (tertiary alicyclic amines) is 1. The number of piperidine rings is 1. The van der Waals surface area contributed by atoms with Crippen LogP contribution in [0.15, 0.2) is 16.9 Å². The van der Waals surface area contributed by atoms with Crippen LogP contribution in [-0.4, -0.2) is 46.3 Å². The highest BCUT2D eigenvalue weighted by molar-refractivity contribution is 5.86. The van der Waals surface area contributed by atoms with Crippen LogP contribution in [0.25, 0.3) is 0 Å². The summed E-state index contributed by atoms with van der Waals surface area (Å²) in [6.45, 7) is 2.35. The van der Waals surface area contributed by atoms with Gasteiger partial charge in [-0.2, -0.15) is 0 Å². The zero-order valence-electron chi connectivity index (χ0n) is 12.3. The van der Waals surface area contributed by atoms with Gasteiger partial charge in [0.05, 0.1) is 5.69 Å². The SMILES string of the molecule is O=C1N(CC2CCC2)CCC[C@@]1(O)CNCc1ccon1. The number of hydrogen-bond acceptors (Lipinski definition) is 5. The van der Waals surface area contributed by atoms with Crippen molar-refractivity contribution >= 4 is 5.91 Å². The number of rotatable bonds is 6. The molecule has 6 nitrogen and oxygen atoms in total. The number of nitrogens with zero attached hydrogens (tertiary/aromatic N) is 2. The lowest BCUT2D eigenvalue weighted by Gasteiger charge is -2.41. The quantitative estimate of drug-likeness (QED) is 0.815. The molecule has 0 aromatic carbocycles. The van der Waals surface area contributed by atoms with Crippen molar-refractivity contribution in [2.45, 2.75) is 44.2 Å². The van der Waals surface area contributed by atoms with Crippen molar-refractivity contribution in [1.29, 1.82) is 0 Å². The predicted molar refractivity (Wildman–Crippen MR) is 76.3 cm³/mol. The maximum atomic E-state index is 12.5. The summed E-state index contributed by atoms with van der Waals surface area (Å²) < 4.78 is 4.76. The number of hydrogen-bond donors (Lipinski definition) is 2. The van der Waals surface area contributed by atoms with Gasteiger partial charge < -0.3 is 19.8 Å². The molecule has 6 heteroatoms. The van der Waals surface area contributed by atoms with Crippen molar-refractivity contribution in [3.8, 4) is 0 Å². The molecule has 3 rings (SSSR count). The Bertz CT molecular complexity index is 473. The van der Waals surface area contributed by atoms with E-state index in [1.54, 1.807) is 6.07 Å². The molecule has 0 radical (unpaired) electrons. The molecule has 1 saturated carbocycles. The van der Waals surface area contributed by atoms with E-state index in [4.69, 9.17) is 4.52 Å². The minimum absolute atomic E-state index is 0.117. The Morgan fingerprint density at radius 1 is 1.48 bits per heavy atom. The molecule has 1 aliphatic heterocycles. The van der Waals surface area contributed by atoms with Gasteiger partial charge in [-0.15, -0.1) is 0 Å². The lowest BCUT2D eigenvalue weighted by molar-refractivity contribution is -0.157. The maximum absolute atomic E-state index is 12.5. The highest BCUT2D eigenvalue weighted by Gasteiger charge is 2.42. The number of carbonyl (C=O) groups is 1. The molecular formula is C15H23N3O3. The van der Waals surface area contributed by atoms with E-state index < -0.39 is 5.60 Å². The summed E-state index contributed by atoms with van der Waals surface area (Å²) in [5, 5.41) is 17.6. The monoisotopic (exact) mass is 293 g/mol. The molecule has 1 aromatic heterocycles. The average Bonchev–Trinajstić information content (AvgIpc) is 2.92. The van der Waals surface area contributed by atoms with Crippen molar-refractivity contribution in [2.75, 3.05) is 19.6 Å². The molecule has 0 bridgehead atoms. The third-order valence-corrected chi connectivity index (χ3v) is 4.62. The number of nitrogens with one attached hydrogen (secondary N) is 1. The van der Waals surface area contributed by atoms with Crippen molar-refractivity contribution in [3.63, 3.8) is 0 Å². The van der Waals surface area contributed by atoms with Crippen LogP contribution in [0.2, 0.25) is 0 Å². The number of amides is 1. The number of aliphatic hydroxyl groups is 1. The molecular weight excluding hydrogens is 270 g/mol. The maximum Gasteiger partial charge on any atom is 0.255 e. The summed E-state index contributed by atoms with van der Waals surface area (Å²) >= 11 is 0. The molecule has 116 valence electrons. The number of carbonyl (C=O) groups excluding carboxylic acids is 1. The molecule has 1 aliphatic carbocycles. The zero-order chi connectivity index (χ0) is 14.7. The van der Waals surface area contributed by atoms with Crippen LogP contribution in [0.1, 0.15) is 37.8 Å². The Balaban J connectivity index is 1.52. The number of aromatic nitrogens is 1. The second kappa shape index (κ2) is 6.15. The van der Waals surface area contributed by atoms with E-state index in [0.29, 0.717) is 18.9 Å². The van der Waals surface area contributed by atoms with Crippen LogP contribution in [-0.2, 0) is 11.3 Å². The fourth-order valence-electron chi connectivity index (χ4n) is 3.12. The topological polar surface area (TPSA) is 78.6 Å². The summed E-state index contributed by atoms with van der Waals surface area (Å²) in [7, 11) is 0. The first-order valence-electron chi connectivity index (χ1n) is 7.79. The summed E-state index contributed by atoms with van der Waals surface area (Å²) in [6, 6.07) is 1.77. The Morgan fingerprint density at radius 3 is 3.00 bits per heavy atom. The second-order valence-corrected chi connectivity index (χ2v) is 6.28. The van der Waals surface area contributed by atoms with Gasteiger partial charge in [-0.1, -0.05) is 11.6 Å². The van der Waals surface area contributed by atoms with Gasteiger partial charge in [0, 0.05) is 32.2 Å². The minimum Gasteiger partial charge on any atom is -0.379 e. The fourth-order valence-corrected chi connectivity index (χ4v) is 3.12. The zero-order valence-corrected chi connectivity index (χ0v) is 12.3. The Hall–Kier alpha value is -1.40. The van der Waals surface area contributed by atoms with E-state index in [0.717, 1.165) is 25.2 Å².